The molecular formula is C15H18INO2. The second kappa shape index (κ2) is 6.96. The van der Waals surface area contributed by atoms with Gasteiger partial charge in [0.05, 0.1) is 13.7 Å². The van der Waals surface area contributed by atoms with E-state index in [1.54, 1.807) is 7.11 Å². The molecule has 1 atom stereocenters. The summed E-state index contributed by atoms with van der Waals surface area (Å²) >= 11 is 2.17. The van der Waals surface area contributed by atoms with Crippen LogP contribution in [0, 0.1) is 3.77 Å². The molecule has 3 nitrogen and oxygen atoms in total. The number of halogens is 1. The number of methoxy groups -OCH3 is 1. The molecule has 4 heteroatoms. The third-order valence-electron chi connectivity index (χ3n) is 2.97. The molecule has 0 saturated heterocycles. The molecule has 19 heavy (non-hydrogen) atoms. The molecule has 0 bridgehead atoms. The molecule has 1 aromatic carbocycles. The zero-order valence-electron chi connectivity index (χ0n) is 11.2. The first-order chi connectivity index (χ1) is 9.19. The maximum Gasteiger partial charge on any atom is 0.164 e. The third kappa shape index (κ3) is 4.24. The van der Waals surface area contributed by atoms with Crippen molar-refractivity contribution >= 4 is 22.6 Å². The van der Waals surface area contributed by atoms with Crippen molar-refractivity contribution in [2.24, 2.45) is 0 Å². The van der Waals surface area contributed by atoms with Crippen molar-refractivity contribution in [1.82, 2.24) is 5.32 Å². The highest BCUT2D eigenvalue weighted by Gasteiger charge is 2.08. The van der Waals surface area contributed by atoms with Crippen molar-refractivity contribution in [3.05, 3.63) is 51.5 Å². The molecule has 0 aliphatic rings. The molecule has 1 N–H and O–H groups in total. The van der Waals surface area contributed by atoms with Crippen molar-refractivity contribution < 1.29 is 9.15 Å². The molecule has 0 radical (unpaired) electrons. The molecule has 102 valence electrons. The fourth-order valence-electron chi connectivity index (χ4n) is 2.00. The highest BCUT2D eigenvalue weighted by atomic mass is 127. The first kappa shape index (κ1) is 14.4. The van der Waals surface area contributed by atoms with Gasteiger partial charge >= 0.3 is 0 Å². The highest BCUT2D eigenvalue weighted by Crippen LogP contribution is 2.19. The Labute approximate surface area is 127 Å². The second-order valence-electron chi connectivity index (χ2n) is 4.50. The number of hydrogen-bond donors (Lipinski definition) is 1. The Bertz CT molecular complexity index is 524. The number of nitrogens with one attached hydrogen (secondary N) is 1. The van der Waals surface area contributed by atoms with Crippen molar-refractivity contribution in [1.29, 1.82) is 0 Å². The molecule has 1 heterocycles. The van der Waals surface area contributed by atoms with Crippen LogP contribution in [0.1, 0.15) is 18.2 Å². The third-order valence-corrected chi connectivity index (χ3v) is 3.55. The van der Waals surface area contributed by atoms with Gasteiger partial charge in [0.2, 0.25) is 0 Å². The lowest BCUT2D eigenvalue weighted by atomic mass is 10.1. The number of para-hydroxylation sites is 1. The summed E-state index contributed by atoms with van der Waals surface area (Å²) in [6.45, 7) is 2.92. The van der Waals surface area contributed by atoms with Crippen LogP contribution in [0.15, 0.2) is 40.8 Å². The smallest absolute Gasteiger partial charge is 0.164 e. The van der Waals surface area contributed by atoms with Crippen LogP contribution in [-0.2, 0) is 13.0 Å². The normalized spacial score (nSPS) is 12.4. The van der Waals surface area contributed by atoms with E-state index in [1.807, 2.05) is 30.3 Å². The van der Waals surface area contributed by atoms with Gasteiger partial charge in [-0.3, -0.25) is 0 Å². The van der Waals surface area contributed by atoms with Crippen molar-refractivity contribution in [3.63, 3.8) is 0 Å². The highest BCUT2D eigenvalue weighted by molar-refractivity contribution is 14.1. The van der Waals surface area contributed by atoms with Crippen molar-refractivity contribution in [2.45, 2.75) is 25.9 Å². The van der Waals surface area contributed by atoms with E-state index in [1.165, 1.54) is 5.56 Å². The van der Waals surface area contributed by atoms with Crippen LogP contribution in [0.25, 0.3) is 0 Å². The number of ether oxygens (including phenoxy) is 1. The average Bonchev–Trinajstić information content (AvgIpc) is 2.83. The Kier molecular flexibility index (Phi) is 5.27. The van der Waals surface area contributed by atoms with Gasteiger partial charge in [-0.25, -0.2) is 0 Å². The zero-order valence-corrected chi connectivity index (χ0v) is 13.3. The molecule has 2 aromatic rings. The minimum absolute atomic E-state index is 0.360. The van der Waals surface area contributed by atoms with Gasteiger partial charge in [-0.15, -0.1) is 0 Å². The van der Waals surface area contributed by atoms with Crippen LogP contribution in [0.5, 0.6) is 5.75 Å². The van der Waals surface area contributed by atoms with Gasteiger partial charge in [0, 0.05) is 6.04 Å². The van der Waals surface area contributed by atoms with Gasteiger partial charge in [0.1, 0.15) is 11.5 Å². The summed E-state index contributed by atoms with van der Waals surface area (Å²) in [5.41, 5.74) is 1.22. The number of hydrogen-bond acceptors (Lipinski definition) is 3. The van der Waals surface area contributed by atoms with E-state index in [0.717, 1.165) is 28.2 Å². The number of rotatable bonds is 6. The minimum Gasteiger partial charge on any atom is -0.496 e. The average molecular weight is 371 g/mol. The second-order valence-corrected chi connectivity index (χ2v) is 5.57. The lowest BCUT2D eigenvalue weighted by Gasteiger charge is -2.15. The van der Waals surface area contributed by atoms with Crippen LogP contribution in [0.3, 0.4) is 0 Å². The molecule has 0 amide bonds. The Morgan fingerprint density at radius 2 is 2.05 bits per heavy atom. The summed E-state index contributed by atoms with van der Waals surface area (Å²) < 4.78 is 11.8. The standard InChI is InChI=1S/C15H18INO2/c1-11(17-10-13-7-8-15(16)19-13)9-12-5-3-4-6-14(12)18-2/h3-8,11,17H,9-10H2,1-2H3. The topological polar surface area (TPSA) is 34.4 Å². The largest absolute Gasteiger partial charge is 0.496 e. The summed E-state index contributed by atoms with van der Waals surface area (Å²) in [7, 11) is 1.71. The quantitative estimate of drug-likeness (QED) is 0.788. The van der Waals surface area contributed by atoms with E-state index in [9.17, 15) is 0 Å². The molecule has 1 aromatic heterocycles. The lowest BCUT2D eigenvalue weighted by molar-refractivity contribution is 0.403. The van der Waals surface area contributed by atoms with Gasteiger partial charge < -0.3 is 14.5 Å². The summed E-state index contributed by atoms with van der Waals surface area (Å²) in [4.78, 5) is 0. The van der Waals surface area contributed by atoms with Crippen LogP contribution in [-0.4, -0.2) is 13.2 Å². The monoisotopic (exact) mass is 371 g/mol. The Morgan fingerprint density at radius 1 is 1.26 bits per heavy atom. The molecular weight excluding hydrogens is 353 g/mol. The van der Waals surface area contributed by atoms with E-state index in [0.29, 0.717) is 6.04 Å². The lowest BCUT2D eigenvalue weighted by Crippen LogP contribution is -2.27. The maximum atomic E-state index is 5.53. The molecule has 1 unspecified atom stereocenters. The zero-order chi connectivity index (χ0) is 13.7. The van der Waals surface area contributed by atoms with Gasteiger partial charge in [-0.2, -0.15) is 0 Å². The molecule has 0 fully saturated rings. The molecule has 0 aliphatic heterocycles. The summed E-state index contributed by atoms with van der Waals surface area (Å²) in [5.74, 6) is 1.92. The maximum absolute atomic E-state index is 5.53. The minimum atomic E-state index is 0.360. The SMILES string of the molecule is COc1ccccc1CC(C)NCc1ccc(I)o1. The van der Waals surface area contributed by atoms with Crippen molar-refractivity contribution in [3.8, 4) is 5.75 Å². The van der Waals surface area contributed by atoms with E-state index in [4.69, 9.17) is 9.15 Å². The van der Waals surface area contributed by atoms with Crippen molar-refractivity contribution in [2.75, 3.05) is 7.11 Å². The molecule has 2 rings (SSSR count). The van der Waals surface area contributed by atoms with Gasteiger partial charge in [0.25, 0.3) is 0 Å². The molecule has 0 aliphatic carbocycles. The van der Waals surface area contributed by atoms with Crippen LogP contribution in [0.4, 0.5) is 0 Å². The fraction of sp³-hybridized carbons (Fsp3) is 0.333. The van der Waals surface area contributed by atoms with Crippen LogP contribution in [0.2, 0.25) is 0 Å². The first-order valence-electron chi connectivity index (χ1n) is 6.28. The van der Waals surface area contributed by atoms with Crippen LogP contribution < -0.4 is 10.1 Å². The first-order valence-corrected chi connectivity index (χ1v) is 7.36. The van der Waals surface area contributed by atoms with Gasteiger partial charge in [-0.05, 0) is 59.7 Å². The Hall–Kier alpha value is -1.01. The van der Waals surface area contributed by atoms with E-state index >= 15 is 0 Å². The Morgan fingerprint density at radius 3 is 2.74 bits per heavy atom. The summed E-state index contributed by atoms with van der Waals surface area (Å²) in [5, 5.41) is 3.46. The van der Waals surface area contributed by atoms with E-state index in [2.05, 4.69) is 40.9 Å². The van der Waals surface area contributed by atoms with Gasteiger partial charge in [-0.1, -0.05) is 18.2 Å². The summed E-state index contributed by atoms with van der Waals surface area (Å²) in [6, 6.07) is 12.5. The van der Waals surface area contributed by atoms with E-state index < -0.39 is 0 Å². The Balaban J connectivity index is 1.88. The summed E-state index contributed by atoms with van der Waals surface area (Å²) in [6.07, 6.45) is 0.932. The number of benzene rings is 1. The molecule has 0 spiro atoms. The molecule has 0 saturated carbocycles. The van der Waals surface area contributed by atoms with Gasteiger partial charge in [0.15, 0.2) is 3.77 Å². The fourth-order valence-corrected chi connectivity index (χ4v) is 2.46. The van der Waals surface area contributed by atoms with Crippen LogP contribution >= 0.6 is 22.6 Å². The van der Waals surface area contributed by atoms with E-state index in [-0.39, 0.29) is 0 Å². The predicted octanol–water partition coefficient (Wildman–Crippen LogP) is 3.61. The number of furan rings is 1. The predicted molar refractivity (Wildman–Crippen MR) is 84.4 cm³/mol.